The lowest BCUT2D eigenvalue weighted by molar-refractivity contribution is 0.0648. The van der Waals surface area contributed by atoms with Crippen LogP contribution >= 0.6 is 0 Å². The van der Waals surface area contributed by atoms with E-state index in [2.05, 4.69) is 44.2 Å². The fourth-order valence-electron chi connectivity index (χ4n) is 3.73. The van der Waals surface area contributed by atoms with E-state index in [-0.39, 0.29) is 16.7 Å². The quantitative estimate of drug-likeness (QED) is 0.443. The molecule has 0 radical (unpaired) electrons. The highest BCUT2D eigenvalue weighted by atomic mass is 28.4. The van der Waals surface area contributed by atoms with Crippen LogP contribution < -0.4 is 14.8 Å². The number of carboxylic acid groups (broad SMARTS) is 1. The van der Waals surface area contributed by atoms with Crippen molar-refractivity contribution in [2.75, 3.05) is 32.8 Å². The Morgan fingerprint density at radius 1 is 1.20 bits per heavy atom. The summed E-state index contributed by atoms with van der Waals surface area (Å²) in [5.41, 5.74) is -0.0155. The van der Waals surface area contributed by atoms with E-state index in [1.54, 1.807) is 11.0 Å². The van der Waals surface area contributed by atoms with Crippen molar-refractivity contribution in [3.05, 3.63) is 18.0 Å². The van der Waals surface area contributed by atoms with Gasteiger partial charge in [0, 0.05) is 24.7 Å². The summed E-state index contributed by atoms with van der Waals surface area (Å²) in [4.78, 5) is 27.3. The van der Waals surface area contributed by atoms with E-state index in [9.17, 15) is 14.7 Å². The van der Waals surface area contributed by atoms with Crippen LogP contribution in [0.5, 0.6) is 11.5 Å². The van der Waals surface area contributed by atoms with Gasteiger partial charge in [-0.2, -0.15) is 0 Å². The van der Waals surface area contributed by atoms with Crippen LogP contribution in [0.1, 0.15) is 58.5 Å². The smallest absolute Gasteiger partial charge is 0.407 e. The highest BCUT2D eigenvalue weighted by Crippen LogP contribution is 2.38. The Morgan fingerprint density at radius 2 is 1.83 bits per heavy atom. The van der Waals surface area contributed by atoms with Gasteiger partial charge in [-0.15, -0.1) is 0 Å². The molecule has 2 N–H and O–H groups in total. The third kappa shape index (κ3) is 8.47. The number of hydrogen-bond donors (Lipinski definition) is 2. The second-order valence-corrected chi connectivity index (χ2v) is 16.5. The maximum absolute atomic E-state index is 11.5. The van der Waals surface area contributed by atoms with Crippen LogP contribution in [0.2, 0.25) is 18.1 Å². The van der Waals surface area contributed by atoms with Crippen molar-refractivity contribution in [3.8, 4) is 11.5 Å². The molecule has 2 atom stereocenters. The second-order valence-electron chi connectivity index (χ2n) is 11.7. The number of piperidine rings is 1. The molecule has 2 aliphatic heterocycles. The molecular weight excluding hydrogens is 466 g/mol. The molecule has 3 heterocycles. The lowest BCUT2D eigenvalue weighted by Gasteiger charge is -2.43. The minimum absolute atomic E-state index is 0.185. The van der Waals surface area contributed by atoms with Crippen LogP contribution in [0.25, 0.3) is 0 Å². The van der Waals surface area contributed by atoms with Gasteiger partial charge in [-0.3, -0.25) is 4.79 Å². The molecule has 0 unspecified atom stereocenters. The topological polar surface area (TPSA) is 110 Å². The van der Waals surface area contributed by atoms with Crippen molar-refractivity contribution in [1.29, 1.82) is 0 Å². The van der Waals surface area contributed by atoms with Gasteiger partial charge in [0.05, 0.1) is 12.3 Å². The summed E-state index contributed by atoms with van der Waals surface area (Å²) in [6.07, 6.45) is 2.45. The van der Waals surface area contributed by atoms with Crippen molar-refractivity contribution in [2.45, 2.75) is 77.7 Å². The maximum Gasteiger partial charge on any atom is 0.407 e. The minimum atomic E-state index is -1.79. The number of nitrogens with one attached hydrogen (secondary N) is 1. The first-order valence-corrected chi connectivity index (χ1v) is 15.1. The summed E-state index contributed by atoms with van der Waals surface area (Å²) in [6, 6.07) is 1.57. The van der Waals surface area contributed by atoms with Gasteiger partial charge in [-0.05, 0) is 57.8 Å². The van der Waals surface area contributed by atoms with Gasteiger partial charge in [0.25, 0.3) is 0 Å². The van der Waals surface area contributed by atoms with Gasteiger partial charge in [0.2, 0.25) is 0 Å². The Kier molecular flexibility index (Phi) is 9.72. The average Bonchev–Trinajstić information content (AvgIpc) is 2.76. The molecule has 2 aliphatic rings. The highest BCUT2D eigenvalue weighted by molar-refractivity contribution is 6.74. The molecule has 0 spiro atoms. The predicted molar refractivity (Wildman–Crippen MR) is 138 cm³/mol. The molecule has 0 aromatic carbocycles. The fourth-order valence-corrected chi connectivity index (χ4v) is 5.10. The molecule has 3 rings (SSSR count). The number of nitrogens with zero attached hydrogens (tertiary/aromatic N) is 2. The van der Waals surface area contributed by atoms with Gasteiger partial charge >= 0.3 is 6.09 Å². The van der Waals surface area contributed by atoms with Crippen molar-refractivity contribution in [3.63, 3.8) is 0 Å². The first-order chi connectivity index (χ1) is 16.1. The van der Waals surface area contributed by atoms with Crippen LogP contribution in [0.3, 0.4) is 0 Å². The summed E-state index contributed by atoms with van der Waals surface area (Å²) < 4.78 is 17.0. The van der Waals surface area contributed by atoms with Crippen LogP contribution in [0.4, 0.5) is 4.79 Å². The van der Waals surface area contributed by atoms with Gasteiger partial charge in [0.15, 0.2) is 26.1 Å². The molecule has 0 bridgehead atoms. The largest absolute Gasteiger partial charge is 0.486 e. The first kappa shape index (κ1) is 29.1. The molecule has 0 saturated carbocycles. The zero-order valence-corrected chi connectivity index (χ0v) is 23.5. The monoisotopic (exact) mass is 509 g/mol. The Labute approximate surface area is 210 Å². The van der Waals surface area contributed by atoms with Crippen LogP contribution in [-0.2, 0) is 4.43 Å². The summed E-state index contributed by atoms with van der Waals surface area (Å²) in [6.45, 7) is 20.5. The van der Waals surface area contributed by atoms with Crippen LogP contribution in [0, 0.1) is 5.92 Å². The molecule has 1 aromatic rings. The van der Waals surface area contributed by atoms with Gasteiger partial charge < -0.3 is 29.2 Å². The number of pyridine rings is 1. The molecule has 1 fully saturated rings. The summed E-state index contributed by atoms with van der Waals surface area (Å²) in [5, 5.41) is 13.1. The van der Waals surface area contributed by atoms with Crippen LogP contribution in [-0.4, -0.2) is 80.2 Å². The van der Waals surface area contributed by atoms with E-state index < -0.39 is 14.4 Å². The minimum Gasteiger partial charge on any atom is -0.486 e. The molecule has 198 valence electrons. The number of aromatic nitrogens is 1. The maximum atomic E-state index is 11.5. The molecule has 1 aromatic heterocycles. The van der Waals surface area contributed by atoms with E-state index in [1.807, 2.05) is 20.8 Å². The van der Waals surface area contributed by atoms with E-state index in [0.29, 0.717) is 49.2 Å². The SMILES string of the molecule is CC(C)(C)N(C[C@@H]1CNC[C@H](O[Si](C)(C)C(C)(C)C)C1)C(=O)O.O=Cc1cc2c(cn1)OCCO2. The van der Waals surface area contributed by atoms with Gasteiger partial charge in [-0.1, -0.05) is 20.8 Å². The zero-order valence-electron chi connectivity index (χ0n) is 22.5. The second kappa shape index (κ2) is 11.7. The third-order valence-corrected chi connectivity index (χ3v) is 11.3. The molecule has 35 heavy (non-hydrogen) atoms. The number of hydrogen-bond acceptors (Lipinski definition) is 7. The Balaban J connectivity index is 0.000000298. The summed E-state index contributed by atoms with van der Waals surface area (Å²) in [5.74, 6) is 1.50. The average molecular weight is 510 g/mol. The number of carbonyl (C=O) groups excluding carboxylic acids is 1. The van der Waals surface area contributed by atoms with Gasteiger partial charge in [-0.25, -0.2) is 9.78 Å². The van der Waals surface area contributed by atoms with Crippen molar-refractivity contribution in [1.82, 2.24) is 15.2 Å². The summed E-state index contributed by atoms with van der Waals surface area (Å²) >= 11 is 0. The van der Waals surface area contributed by atoms with Crippen molar-refractivity contribution in [2.24, 2.45) is 5.92 Å². The normalized spacial score (nSPS) is 20.3. The number of aldehydes is 1. The summed E-state index contributed by atoms with van der Waals surface area (Å²) in [7, 11) is -1.79. The van der Waals surface area contributed by atoms with Crippen LogP contribution in [0.15, 0.2) is 12.3 Å². The number of fused-ring (bicyclic) bond motifs is 1. The molecule has 1 amide bonds. The van der Waals surface area contributed by atoms with E-state index in [4.69, 9.17) is 13.9 Å². The lowest BCUT2D eigenvalue weighted by atomic mass is 9.95. The molecular formula is C25H43N3O6Si. The highest BCUT2D eigenvalue weighted by Gasteiger charge is 2.40. The molecule has 0 aliphatic carbocycles. The van der Waals surface area contributed by atoms with E-state index in [1.165, 1.54) is 6.20 Å². The fraction of sp³-hybridized carbons (Fsp3) is 0.720. The predicted octanol–water partition coefficient (Wildman–Crippen LogP) is 4.43. The zero-order chi connectivity index (χ0) is 26.4. The lowest BCUT2D eigenvalue weighted by Crippen LogP contribution is -2.53. The Bertz CT molecular complexity index is 866. The van der Waals surface area contributed by atoms with E-state index >= 15 is 0 Å². The first-order valence-electron chi connectivity index (χ1n) is 12.2. The molecule has 9 nitrogen and oxygen atoms in total. The van der Waals surface area contributed by atoms with Crippen molar-refractivity contribution >= 4 is 20.7 Å². The number of ether oxygens (including phenoxy) is 2. The van der Waals surface area contributed by atoms with Crippen molar-refractivity contribution < 1.29 is 28.6 Å². The number of rotatable bonds is 5. The molecule has 10 heteroatoms. The number of amides is 1. The van der Waals surface area contributed by atoms with E-state index in [0.717, 1.165) is 19.5 Å². The Hall–Kier alpha value is -2.17. The molecule has 1 saturated heterocycles. The Morgan fingerprint density at radius 3 is 2.37 bits per heavy atom. The van der Waals surface area contributed by atoms with Gasteiger partial charge in [0.1, 0.15) is 18.9 Å². The number of carbonyl (C=O) groups is 2. The third-order valence-electron chi connectivity index (χ3n) is 6.72. The standard InChI is InChI=1S/C17H36N2O3Si.C8H7NO3/c1-16(2,3)19(15(20)21)12-13-9-14(11-18-10-13)22-23(7,8)17(4,5)6;10-5-6-3-7-8(4-9-6)12-2-1-11-7/h13-14,18H,9-12H2,1-8H3,(H,20,21);3-5H,1-2H2/t13-,14+;/m0./s1.